The number of hydrogen-bond donors (Lipinski definition) is 4. The molecule has 0 aliphatic heterocycles. The molecule has 0 saturated heterocycles. The van der Waals surface area contributed by atoms with Crippen molar-refractivity contribution >= 4 is 21.6 Å². The number of sulfonamides is 1. The maximum atomic E-state index is 13.8. The Bertz CT molecular complexity index is 1330. The summed E-state index contributed by atoms with van der Waals surface area (Å²) in [5.74, 6) is -2.22. The van der Waals surface area contributed by atoms with Gasteiger partial charge in [-0.1, -0.05) is 37.3 Å². The van der Waals surface area contributed by atoms with Gasteiger partial charge in [0.05, 0.1) is 17.9 Å². The van der Waals surface area contributed by atoms with Gasteiger partial charge < -0.3 is 15.7 Å². The molecule has 0 spiro atoms. The topological polar surface area (TPSA) is 108 Å². The van der Waals surface area contributed by atoms with Gasteiger partial charge in [-0.15, -0.1) is 0 Å². The van der Waals surface area contributed by atoms with Gasteiger partial charge in [-0.2, -0.15) is 0 Å². The number of benzene rings is 3. The second-order valence-electron chi connectivity index (χ2n) is 9.02. The quantitative estimate of drug-likeness (QED) is 0.262. The van der Waals surface area contributed by atoms with E-state index >= 15 is 0 Å². The van der Waals surface area contributed by atoms with Gasteiger partial charge in [0.25, 0.3) is 5.91 Å². The van der Waals surface area contributed by atoms with Crippen LogP contribution in [0.3, 0.4) is 0 Å². The Kier molecular flexibility index (Phi) is 10.3. The third-order valence-electron chi connectivity index (χ3n) is 6.02. The Balaban J connectivity index is 1.75. The molecule has 3 rings (SSSR count). The molecule has 0 aromatic heterocycles. The van der Waals surface area contributed by atoms with Crippen molar-refractivity contribution in [2.24, 2.45) is 0 Å². The van der Waals surface area contributed by atoms with E-state index in [0.29, 0.717) is 6.54 Å². The lowest BCUT2D eigenvalue weighted by Gasteiger charge is -2.25. The van der Waals surface area contributed by atoms with E-state index < -0.39 is 39.7 Å². The molecule has 7 nitrogen and oxygen atoms in total. The molecule has 0 aliphatic rings. The number of hydrogen-bond acceptors (Lipinski definition) is 5. The van der Waals surface area contributed by atoms with E-state index in [2.05, 4.69) is 28.3 Å². The average molecular weight is 546 g/mol. The normalized spacial score (nSPS) is 13.1. The first-order chi connectivity index (χ1) is 18.1. The smallest absolute Gasteiger partial charge is 0.251 e. The Labute approximate surface area is 222 Å². The molecule has 10 heteroatoms. The number of halogens is 2. The number of aliphatic hydroxyl groups is 1. The van der Waals surface area contributed by atoms with E-state index in [1.54, 1.807) is 0 Å². The van der Waals surface area contributed by atoms with Gasteiger partial charge in [-0.05, 0) is 66.8 Å². The van der Waals surface area contributed by atoms with Crippen molar-refractivity contribution in [2.45, 2.75) is 45.4 Å². The van der Waals surface area contributed by atoms with Crippen LogP contribution in [-0.2, 0) is 29.4 Å². The zero-order chi connectivity index (χ0) is 27.7. The fourth-order valence-corrected chi connectivity index (χ4v) is 4.59. The largest absolute Gasteiger partial charge is 0.390 e. The fourth-order valence-electron chi connectivity index (χ4n) is 3.96. The van der Waals surface area contributed by atoms with Gasteiger partial charge >= 0.3 is 0 Å². The summed E-state index contributed by atoms with van der Waals surface area (Å²) in [5.41, 5.74) is 2.88. The maximum Gasteiger partial charge on any atom is 0.251 e. The highest BCUT2D eigenvalue weighted by atomic mass is 32.2. The van der Waals surface area contributed by atoms with E-state index in [4.69, 9.17) is 0 Å². The lowest BCUT2D eigenvalue weighted by Crippen LogP contribution is -2.48. The highest BCUT2D eigenvalue weighted by molar-refractivity contribution is 7.92. The van der Waals surface area contributed by atoms with Crippen LogP contribution in [0.2, 0.25) is 0 Å². The van der Waals surface area contributed by atoms with Gasteiger partial charge in [-0.25, -0.2) is 17.2 Å². The fraction of sp³-hybridized carbons (Fsp3) is 0.321. The first-order valence-corrected chi connectivity index (χ1v) is 14.1. The molecule has 1 amide bonds. The number of anilines is 1. The van der Waals surface area contributed by atoms with Crippen LogP contribution in [-0.4, -0.2) is 43.9 Å². The molecule has 38 heavy (non-hydrogen) atoms. The summed E-state index contributed by atoms with van der Waals surface area (Å²) >= 11 is 0. The number of carbonyl (C=O) groups excluding carboxylic acids is 1. The predicted octanol–water partition coefficient (Wildman–Crippen LogP) is 3.78. The minimum absolute atomic E-state index is 0.0310. The van der Waals surface area contributed by atoms with Crippen molar-refractivity contribution in [3.63, 3.8) is 0 Å². The van der Waals surface area contributed by atoms with Gasteiger partial charge in [0.1, 0.15) is 11.6 Å². The zero-order valence-corrected chi connectivity index (χ0v) is 22.2. The number of aliphatic hydroxyl groups excluding tert-OH is 1. The van der Waals surface area contributed by atoms with Gasteiger partial charge in [-0.3, -0.25) is 9.52 Å². The summed E-state index contributed by atoms with van der Waals surface area (Å²) in [6.07, 6.45) is -0.228. The van der Waals surface area contributed by atoms with Crippen molar-refractivity contribution in [3.8, 4) is 0 Å². The SMILES string of the molecule is CCc1cccc(CNCC(O)C(Cc2cc(F)cc(F)c2)NC(=O)c2cccc(NS(=O)(=O)CC)c2)c1. The predicted molar refractivity (Wildman–Crippen MR) is 144 cm³/mol. The van der Waals surface area contributed by atoms with Crippen LogP contribution in [0.1, 0.15) is 40.9 Å². The molecule has 0 aliphatic carbocycles. The summed E-state index contributed by atoms with van der Waals surface area (Å²) in [6, 6.07) is 16.1. The summed E-state index contributed by atoms with van der Waals surface area (Å²) in [4.78, 5) is 13.1. The van der Waals surface area contributed by atoms with Crippen LogP contribution in [0.4, 0.5) is 14.5 Å². The zero-order valence-electron chi connectivity index (χ0n) is 21.4. The minimum Gasteiger partial charge on any atom is -0.390 e. The molecule has 4 N–H and O–H groups in total. The Hall–Kier alpha value is -3.34. The van der Waals surface area contributed by atoms with Crippen LogP contribution in [0.5, 0.6) is 0 Å². The van der Waals surface area contributed by atoms with E-state index in [-0.39, 0.29) is 35.5 Å². The highest BCUT2D eigenvalue weighted by Gasteiger charge is 2.23. The first kappa shape index (κ1) is 29.2. The number of aryl methyl sites for hydroxylation is 1. The minimum atomic E-state index is -3.54. The molecule has 3 aromatic rings. The number of carbonyl (C=O) groups is 1. The number of rotatable bonds is 13. The molecule has 204 valence electrons. The second kappa shape index (κ2) is 13.5. The third kappa shape index (κ3) is 8.90. The summed E-state index contributed by atoms with van der Waals surface area (Å²) < 4.78 is 53.8. The average Bonchev–Trinajstić information content (AvgIpc) is 2.87. The monoisotopic (exact) mass is 545 g/mol. The van der Waals surface area contributed by atoms with Crippen molar-refractivity contribution in [1.82, 2.24) is 10.6 Å². The molecule has 2 atom stereocenters. The molecule has 0 radical (unpaired) electrons. The lowest BCUT2D eigenvalue weighted by molar-refractivity contribution is 0.0830. The van der Waals surface area contributed by atoms with Gasteiger partial charge in [0.15, 0.2) is 0 Å². The van der Waals surface area contributed by atoms with Crippen molar-refractivity contribution in [1.29, 1.82) is 0 Å². The summed E-state index contributed by atoms with van der Waals surface area (Å²) in [5, 5.41) is 16.9. The van der Waals surface area contributed by atoms with E-state index in [0.717, 1.165) is 30.2 Å². The lowest BCUT2D eigenvalue weighted by atomic mass is 10.00. The Morgan fingerprint density at radius 2 is 1.61 bits per heavy atom. The maximum absolute atomic E-state index is 13.8. The number of amides is 1. The second-order valence-corrected chi connectivity index (χ2v) is 11.0. The van der Waals surface area contributed by atoms with Crippen molar-refractivity contribution < 1.29 is 27.1 Å². The summed E-state index contributed by atoms with van der Waals surface area (Å²) in [7, 11) is -3.54. The standard InChI is InChI=1S/C28H33F2N3O4S/c1-3-19-7-5-8-20(11-19)17-31-18-27(34)26(14-21-12-23(29)16-24(30)13-21)32-28(35)22-9-6-10-25(15-22)33-38(36,37)4-2/h5-13,15-16,26-27,31,33-34H,3-4,14,17-18H2,1-2H3,(H,32,35). The van der Waals surface area contributed by atoms with Crippen LogP contribution >= 0.6 is 0 Å². The molecule has 3 aromatic carbocycles. The molecule has 0 bridgehead atoms. The Morgan fingerprint density at radius 3 is 2.29 bits per heavy atom. The highest BCUT2D eigenvalue weighted by Crippen LogP contribution is 2.15. The molecular weight excluding hydrogens is 512 g/mol. The Morgan fingerprint density at radius 1 is 0.921 bits per heavy atom. The molecule has 0 saturated carbocycles. The van der Waals surface area contributed by atoms with Crippen molar-refractivity contribution in [2.75, 3.05) is 17.0 Å². The third-order valence-corrected chi connectivity index (χ3v) is 7.33. The van der Waals surface area contributed by atoms with Crippen LogP contribution in [0.15, 0.2) is 66.7 Å². The van der Waals surface area contributed by atoms with Crippen LogP contribution < -0.4 is 15.4 Å². The molecule has 0 fully saturated rings. The molecule has 0 heterocycles. The van der Waals surface area contributed by atoms with Gasteiger partial charge in [0.2, 0.25) is 10.0 Å². The molecule has 2 unspecified atom stereocenters. The van der Waals surface area contributed by atoms with Crippen LogP contribution in [0, 0.1) is 11.6 Å². The van der Waals surface area contributed by atoms with Crippen molar-refractivity contribution in [3.05, 3.63) is 101 Å². The van der Waals surface area contributed by atoms with E-state index in [1.807, 2.05) is 18.2 Å². The van der Waals surface area contributed by atoms with Gasteiger partial charge in [0, 0.05) is 30.4 Å². The first-order valence-electron chi connectivity index (χ1n) is 12.4. The molecular formula is C28H33F2N3O4S. The number of nitrogens with one attached hydrogen (secondary N) is 3. The van der Waals surface area contributed by atoms with E-state index in [1.165, 1.54) is 36.8 Å². The van der Waals surface area contributed by atoms with E-state index in [9.17, 15) is 27.1 Å². The van der Waals surface area contributed by atoms with Crippen LogP contribution in [0.25, 0.3) is 0 Å². The summed E-state index contributed by atoms with van der Waals surface area (Å²) in [6.45, 7) is 4.15.